The summed E-state index contributed by atoms with van der Waals surface area (Å²) in [5.41, 5.74) is 1.04. The van der Waals surface area contributed by atoms with Crippen LogP contribution in [0.4, 0.5) is 0 Å². The van der Waals surface area contributed by atoms with Crippen molar-refractivity contribution in [3.63, 3.8) is 0 Å². The fourth-order valence-corrected chi connectivity index (χ4v) is 3.24. The number of aliphatic hydroxyl groups excluding tert-OH is 1. The maximum atomic E-state index is 11.6. The number of nitrogens with zero attached hydrogens (tertiary/aromatic N) is 3. The average molecular weight is 297 g/mol. The van der Waals surface area contributed by atoms with Crippen molar-refractivity contribution < 1.29 is 9.90 Å². The van der Waals surface area contributed by atoms with Gasteiger partial charge in [-0.3, -0.25) is 9.69 Å². The molecule has 0 aromatic carbocycles. The quantitative estimate of drug-likeness (QED) is 0.880. The van der Waals surface area contributed by atoms with Gasteiger partial charge >= 0.3 is 0 Å². The van der Waals surface area contributed by atoms with Crippen molar-refractivity contribution in [1.82, 2.24) is 14.8 Å². The highest BCUT2D eigenvalue weighted by molar-refractivity contribution is 7.09. The highest BCUT2D eigenvalue weighted by Crippen LogP contribution is 2.19. The molecule has 1 aromatic heterocycles. The Balaban J connectivity index is 1.87. The number of rotatable bonds is 5. The van der Waals surface area contributed by atoms with E-state index in [-0.39, 0.29) is 12.5 Å². The Kier molecular flexibility index (Phi) is 5.51. The number of hydrogen-bond donors (Lipinski definition) is 1. The molecule has 6 heteroatoms. The summed E-state index contributed by atoms with van der Waals surface area (Å²) in [6.45, 7) is 3.11. The lowest BCUT2D eigenvalue weighted by Crippen LogP contribution is -2.36. The molecule has 1 aromatic rings. The lowest BCUT2D eigenvalue weighted by Gasteiger charge is -2.31. The summed E-state index contributed by atoms with van der Waals surface area (Å²) < 4.78 is 0. The molecular formula is C14H23N3O2S. The molecule has 0 spiro atoms. The predicted octanol–water partition coefficient (Wildman–Crippen LogP) is 0.978. The van der Waals surface area contributed by atoms with Crippen LogP contribution in [0, 0.1) is 5.92 Å². The van der Waals surface area contributed by atoms with Gasteiger partial charge in [0.25, 0.3) is 0 Å². The average Bonchev–Trinajstić information content (AvgIpc) is 2.86. The molecular weight excluding hydrogens is 274 g/mol. The fourth-order valence-electron chi connectivity index (χ4n) is 2.46. The summed E-state index contributed by atoms with van der Waals surface area (Å²) >= 11 is 1.56. The molecule has 2 rings (SSSR count). The standard InChI is InChI=1S/C14H23N3O2S/c1-16(2)14(19)6-13-15-12(10-20-13)8-17-5-3-4-11(7-17)9-18/h10-11,18H,3-9H2,1-2H3. The van der Waals surface area contributed by atoms with Crippen molar-refractivity contribution >= 4 is 17.2 Å². The van der Waals surface area contributed by atoms with Gasteiger partial charge in [0.1, 0.15) is 5.01 Å². The first kappa shape index (κ1) is 15.4. The van der Waals surface area contributed by atoms with Crippen LogP contribution in [0.1, 0.15) is 23.5 Å². The molecule has 1 unspecified atom stereocenters. The number of aromatic nitrogens is 1. The van der Waals surface area contributed by atoms with Gasteiger partial charge in [-0.25, -0.2) is 4.98 Å². The first-order valence-electron chi connectivity index (χ1n) is 7.05. The molecule has 5 nitrogen and oxygen atoms in total. The summed E-state index contributed by atoms with van der Waals surface area (Å²) in [5, 5.41) is 12.2. The fraction of sp³-hybridized carbons (Fsp3) is 0.714. The Morgan fingerprint density at radius 2 is 2.40 bits per heavy atom. The second-order valence-electron chi connectivity index (χ2n) is 5.62. The van der Waals surface area contributed by atoms with E-state index in [0.717, 1.165) is 43.2 Å². The molecule has 0 saturated carbocycles. The summed E-state index contributed by atoms with van der Waals surface area (Å²) in [7, 11) is 3.53. The van der Waals surface area contributed by atoms with E-state index in [9.17, 15) is 9.90 Å². The molecule has 1 atom stereocenters. The van der Waals surface area contributed by atoms with Gasteiger partial charge in [0.05, 0.1) is 12.1 Å². The number of aliphatic hydroxyl groups is 1. The maximum Gasteiger partial charge on any atom is 0.228 e. The summed E-state index contributed by atoms with van der Waals surface area (Å²) in [6.07, 6.45) is 2.64. The zero-order chi connectivity index (χ0) is 14.5. The van der Waals surface area contributed by atoms with E-state index in [1.165, 1.54) is 0 Å². The largest absolute Gasteiger partial charge is 0.396 e. The minimum atomic E-state index is 0.0872. The number of thiazole rings is 1. The summed E-state index contributed by atoms with van der Waals surface area (Å²) in [6, 6.07) is 0. The lowest BCUT2D eigenvalue weighted by atomic mass is 9.99. The smallest absolute Gasteiger partial charge is 0.228 e. The zero-order valence-electron chi connectivity index (χ0n) is 12.2. The SMILES string of the molecule is CN(C)C(=O)Cc1nc(CN2CCCC(CO)C2)cs1. The van der Waals surface area contributed by atoms with E-state index in [4.69, 9.17) is 0 Å². The molecule has 0 bridgehead atoms. The molecule has 1 N–H and O–H groups in total. The van der Waals surface area contributed by atoms with Gasteiger partial charge in [-0.05, 0) is 25.3 Å². The number of likely N-dealkylation sites (tertiary alicyclic amines) is 1. The Labute approximate surface area is 124 Å². The van der Waals surface area contributed by atoms with E-state index in [1.807, 2.05) is 5.38 Å². The van der Waals surface area contributed by atoms with Crippen molar-refractivity contribution in [3.8, 4) is 0 Å². The third-order valence-electron chi connectivity index (χ3n) is 3.65. The van der Waals surface area contributed by atoms with Crippen LogP contribution < -0.4 is 0 Å². The van der Waals surface area contributed by atoms with Crippen LogP contribution in [-0.2, 0) is 17.8 Å². The summed E-state index contributed by atoms with van der Waals surface area (Å²) in [4.78, 5) is 20.1. The molecule has 1 aliphatic heterocycles. The van der Waals surface area contributed by atoms with E-state index in [0.29, 0.717) is 12.3 Å². The summed E-state index contributed by atoms with van der Waals surface area (Å²) in [5.74, 6) is 0.487. The van der Waals surface area contributed by atoms with Crippen LogP contribution >= 0.6 is 11.3 Å². The highest BCUT2D eigenvalue weighted by atomic mass is 32.1. The number of carbonyl (C=O) groups is 1. The number of piperidine rings is 1. The Bertz CT molecular complexity index is 447. The number of hydrogen-bond acceptors (Lipinski definition) is 5. The molecule has 112 valence electrons. The van der Waals surface area contributed by atoms with Gasteiger partial charge in [-0.2, -0.15) is 0 Å². The van der Waals surface area contributed by atoms with Crippen molar-refractivity contribution in [2.45, 2.75) is 25.8 Å². The van der Waals surface area contributed by atoms with Crippen molar-refractivity contribution in [1.29, 1.82) is 0 Å². The predicted molar refractivity (Wildman–Crippen MR) is 79.6 cm³/mol. The van der Waals surface area contributed by atoms with Crippen LogP contribution in [0.15, 0.2) is 5.38 Å². The Morgan fingerprint density at radius 3 is 3.10 bits per heavy atom. The minimum Gasteiger partial charge on any atom is -0.396 e. The van der Waals surface area contributed by atoms with Crippen molar-refractivity contribution in [3.05, 3.63) is 16.1 Å². The molecule has 1 fully saturated rings. The van der Waals surface area contributed by atoms with Crippen LogP contribution in [0.5, 0.6) is 0 Å². The van der Waals surface area contributed by atoms with Crippen LogP contribution in [0.2, 0.25) is 0 Å². The maximum absolute atomic E-state index is 11.6. The van der Waals surface area contributed by atoms with Crippen LogP contribution in [0.25, 0.3) is 0 Å². The van der Waals surface area contributed by atoms with E-state index < -0.39 is 0 Å². The van der Waals surface area contributed by atoms with Crippen LogP contribution in [0.3, 0.4) is 0 Å². The molecule has 1 amide bonds. The molecule has 0 aliphatic carbocycles. The van der Waals surface area contributed by atoms with Crippen LogP contribution in [-0.4, -0.2) is 59.6 Å². The topological polar surface area (TPSA) is 56.7 Å². The lowest BCUT2D eigenvalue weighted by molar-refractivity contribution is -0.127. The van der Waals surface area contributed by atoms with Crippen molar-refractivity contribution in [2.75, 3.05) is 33.8 Å². The van der Waals surface area contributed by atoms with E-state index >= 15 is 0 Å². The molecule has 2 heterocycles. The van der Waals surface area contributed by atoms with Gasteiger partial charge in [-0.1, -0.05) is 0 Å². The number of likely N-dealkylation sites (N-methyl/N-ethyl adjacent to an activating group) is 1. The zero-order valence-corrected chi connectivity index (χ0v) is 13.0. The Morgan fingerprint density at radius 1 is 1.60 bits per heavy atom. The van der Waals surface area contributed by atoms with E-state index in [2.05, 4.69) is 9.88 Å². The van der Waals surface area contributed by atoms with E-state index in [1.54, 1.807) is 30.3 Å². The first-order chi connectivity index (χ1) is 9.58. The molecule has 20 heavy (non-hydrogen) atoms. The molecule has 1 aliphatic rings. The number of amides is 1. The van der Waals surface area contributed by atoms with Gasteiger partial charge in [0, 0.05) is 39.2 Å². The van der Waals surface area contributed by atoms with Gasteiger partial charge < -0.3 is 10.0 Å². The minimum absolute atomic E-state index is 0.0872. The molecule has 0 radical (unpaired) electrons. The monoisotopic (exact) mass is 297 g/mol. The van der Waals surface area contributed by atoms with Gasteiger partial charge in [-0.15, -0.1) is 11.3 Å². The highest BCUT2D eigenvalue weighted by Gasteiger charge is 2.20. The molecule has 1 saturated heterocycles. The van der Waals surface area contributed by atoms with Gasteiger partial charge in [0.15, 0.2) is 0 Å². The first-order valence-corrected chi connectivity index (χ1v) is 7.93. The Hall–Kier alpha value is -0.980. The second-order valence-corrected chi connectivity index (χ2v) is 6.57. The van der Waals surface area contributed by atoms with Crippen molar-refractivity contribution in [2.24, 2.45) is 5.92 Å². The number of carbonyl (C=O) groups excluding carboxylic acids is 1. The second kappa shape index (κ2) is 7.15. The normalized spacial score (nSPS) is 20.1. The third kappa shape index (κ3) is 4.26. The van der Waals surface area contributed by atoms with Gasteiger partial charge in [0.2, 0.25) is 5.91 Å². The third-order valence-corrected chi connectivity index (χ3v) is 4.55.